The number of hydrogen-bond donors (Lipinski definition) is 0. The first-order chi connectivity index (χ1) is 13.9. The highest BCUT2D eigenvalue weighted by Crippen LogP contribution is 2.36. The van der Waals surface area contributed by atoms with Gasteiger partial charge in [-0.05, 0) is 29.3 Å². The second-order valence-electron chi connectivity index (χ2n) is 6.54. The highest BCUT2D eigenvalue weighted by atomic mass is 35.5. The molecule has 0 aliphatic carbocycles. The van der Waals surface area contributed by atoms with Crippen molar-refractivity contribution in [1.82, 2.24) is 4.31 Å². The molecular formula is C21H16Cl2N2O3S. The quantitative estimate of drug-likeness (QED) is 0.572. The molecule has 1 heterocycles. The molecule has 0 saturated heterocycles. The van der Waals surface area contributed by atoms with Crippen molar-refractivity contribution in [2.45, 2.75) is 13.1 Å². The van der Waals surface area contributed by atoms with Crippen molar-refractivity contribution in [1.29, 1.82) is 0 Å². The van der Waals surface area contributed by atoms with Crippen LogP contribution in [0.3, 0.4) is 0 Å². The van der Waals surface area contributed by atoms with Crippen LogP contribution >= 0.6 is 23.2 Å². The van der Waals surface area contributed by atoms with E-state index in [4.69, 9.17) is 23.2 Å². The zero-order chi connectivity index (χ0) is 20.6. The number of fused-ring (bicyclic) bond motifs is 1. The summed E-state index contributed by atoms with van der Waals surface area (Å²) in [6.45, 7) is -0.104. The molecule has 4 rings (SSSR count). The summed E-state index contributed by atoms with van der Waals surface area (Å²) in [5.41, 5.74) is 1.93. The van der Waals surface area contributed by atoms with Crippen molar-refractivity contribution in [2.24, 2.45) is 0 Å². The average molecular weight is 447 g/mol. The normalized spacial score (nSPS) is 15.3. The van der Waals surface area contributed by atoms with Crippen molar-refractivity contribution in [3.05, 3.63) is 99.5 Å². The third-order valence-corrected chi connectivity index (χ3v) is 7.29. The molecule has 0 atom stereocenters. The molecule has 1 aliphatic heterocycles. The number of anilines is 1. The van der Waals surface area contributed by atoms with Crippen molar-refractivity contribution < 1.29 is 13.2 Å². The number of hydrogen-bond acceptors (Lipinski definition) is 3. The van der Waals surface area contributed by atoms with Crippen molar-refractivity contribution in [3.63, 3.8) is 0 Å². The number of carbonyl (C=O) groups excluding carboxylic acids is 1. The van der Waals surface area contributed by atoms with Gasteiger partial charge in [-0.15, -0.1) is 0 Å². The maximum Gasteiger partial charge on any atom is 0.329 e. The molecule has 0 bridgehead atoms. The number of rotatable bonds is 4. The fraction of sp³-hybridized carbons (Fsp3) is 0.0952. The van der Waals surface area contributed by atoms with Crippen LogP contribution in [-0.2, 0) is 23.3 Å². The summed E-state index contributed by atoms with van der Waals surface area (Å²) < 4.78 is 29.0. The second kappa shape index (κ2) is 7.71. The lowest BCUT2D eigenvalue weighted by Gasteiger charge is -2.37. The van der Waals surface area contributed by atoms with Crippen LogP contribution in [0.25, 0.3) is 0 Å². The van der Waals surface area contributed by atoms with E-state index < -0.39 is 16.1 Å². The largest absolute Gasteiger partial charge is 0.329 e. The Balaban J connectivity index is 1.81. The highest BCUT2D eigenvalue weighted by Gasteiger charge is 2.41. The molecule has 0 N–H and O–H groups in total. The van der Waals surface area contributed by atoms with Crippen LogP contribution in [0.15, 0.2) is 72.8 Å². The Labute approximate surface area is 179 Å². The molecule has 3 aromatic carbocycles. The molecule has 5 nitrogen and oxygen atoms in total. The monoisotopic (exact) mass is 446 g/mol. The van der Waals surface area contributed by atoms with Crippen LogP contribution in [0.2, 0.25) is 10.0 Å². The van der Waals surface area contributed by atoms with E-state index in [1.165, 1.54) is 4.31 Å². The predicted molar refractivity (Wildman–Crippen MR) is 114 cm³/mol. The number of halogens is 2. The van der Waals surface area contributed by atoms with E-state index >= 15 is 0 Å². The Hall–Kier alpha value is -2.54. The zero-order valence-electron chi connectivity index (χ0n) is 15.1. The van der Waals surface area contributed by atoms with Gasteiger partial charge in [-0.25, -0.2) is 8.61 Å². The Kier molecular flexibility index (Phi) is 5.25. The van der Waals surface area contributed by atoms with Gasteiger partial charge in [0.05, 0.1) is 34.4 Å². The van der Waals surface area contributed by atoms with E-state index in [0.29, 0.717) is 21.8 Å². The molecule has 0 spiro atoms. The topological polar surface area (TPSA) is 57.7 Å². The van der Waals surface area contributed by atoms with E-state index in [2.05, 4.69) is 0 Å². The van der Waals surface area contributed by atoms with Crippen molar-refractivity contribution in [3.8, 4) is 0 Å². The predicted octanol–water partition coefficient (Wildman–Crippen LogP) is 4.90. The number of para-hydroxylation sites is 1. The van der Waals surface area contributed by atoms with Crippen LogP contribution in [-0.4, -0.2) is 18.6 Å². The van der Waals surface area contributed by atoms with Gasteiger partial charge in [-0.3, -0.25) is 4.79 Å². The summed E-state index contributed by atoms with van der Waals surface area (Å²) in [4.78, 5) is 13.1. The third kappa shape index (κ3) is 3.59. The van der Waals surface area contributed by atoms with Gasteiger partial charge in [0.2, 0.25) is 0 Å². The Morgan fingerprint density at radius 2 is 1.45 bits per heavy atom. The minimum atomic E-state index is -4.14. The minimum absolute atomic E-state index is 0.104. The summed E-state index contributed by atoms with van der Waals surface area (Å²) in [6.07, 6.45) is 0. The van der Waals surface area contributed by atoms with Gasteiger partial charge in [-0.1, -0.05) is 77.8 Å². The van der Waals surface area contributed by atoms with Gasteiger partial charge in [0.25, 0.3) is 5.91 Å². The van der Waals surface area contributed by atoms with Gasteiger partial charge in [0.15, 0.2) is 0 Å². The molecule has 0 unspecified atom stereocenters. The summed E-state index contributed by atoms with van der Waals surface area (Å²) in [5, 5.41) is 0.526. The minimum Gasteiger partial charge on any atom is -0.268 e. The van der Waals surface area contributed by atoms with Crippen LogP contribution in [0.4, 0.5) is 5.69 Å². The Bertz CT molecular complexity index is 1180. The lowest BCUT2D eigenvalue weighted by atomic mass is 10.1. The van der Waals surface area contributed by atoms with E-state index in [1.807, 2.05) is 30.3 Å². The molecule has 8 heteroatoms. The van der Waals surface area contributed by atoms with E-state index in [0.717, 1.165) is 9.87 Å². The molecule has 148 valence electrons. The number of amides is 1. The fourth-order valence-electron chi connectivity index (χ4n) is 3.25. The first-order valence-corrected chi connectivity index (χ1v) is 11.0. The maximum absolute atomic E-state index is 13.4. The summed E-state index contributed by atoms with van der Waals surface area (Å²) in [6, 6.07) is 20.8. The van der Waals surface area contributed by atoms with E-state index in [9.17, 15) is 13.2 Å². The van der Waals surface area contributed by atoms with E-state index in [1.54, 1.807) is 42.5 Å². The van der Waals surface area contributed by atoms with Gasteiger partial charge in [0, 0.05) is 0 Å². The van der Waals surface area contributed by atoms with Gasteiger partial charge >= 0.3 is 10.2 Å². The van der Waals surface area contributed by atoms with Crippen LogP contribution < -0.4 is 4.31 Å². The molecule has 0 aromatic heterocycles. The van der Waals surface area contributed by atoms with Crippen molar-refractivity contribution >= 4 is 45.0 Å². The molecule has 0 saturated carbocycles. The highest BCUT2D eigenvalue weighted by molar-refractivity contribution is 7.91. The zero-order valence-corrected chi connectivity index (χ0v) is 17.5. The number of nitrogens with zero attached hydrogens (tertiary/aromatic N) is 2. The maximum atomic E-state index is 13.4. The van der Waals surface area contributed by atoms with Gasteiger partial charge in [0.1, 0.15) is 0 Å². The molecule has 3 aromatic rings. The average Bonchev–Trinajstić information content (AvgIpc) is 2.72. The smallest absolute Gasteiger partial charge is 0.268 e. The third-order valence-electron chi connectivity index (χ3n) is 4.70. The van der Waals surface area contributed by atoms with Crippen LogP contribution in [0.1, 0.15) is 21.5 Å². The Morgan fingerprint density at radius 1 is 0.759 bits per heavy atom. The molecule has 1 aliphatic rings. The summed E-state index contributed by atoms with van der Waals surface area (Å²) in [5.74, 6) is -0.596. The fourth-order valence-corrected chi connectivity index (χ4v) is 5.20. The number of carbonyl (C=O) groups is 1. The van der Waals surface area contributed by atoms with Crippen molar-refractivity contribution in [2.75, 3.05) is 4.31 Å². The SMILES string of the molecule is O=C1c2ccccc2N(Cc2ccccc2)S(=O)(=O)N1Cc1cccc(Cl)c1Cl. The second-order valence-corrected chi connectivity index (χ2v) is 9.10. The van der Waals surface area contributed by atoms with Crippen LogP contribution in [0.5, 0.6) is 0 Å². The molecular weight excluding hydrogens is 431 g/mol. The summed E-state index contributed by atoms with van der Waals surface area (Å²) in [7, 11) is -4.14. The van der Waals surface area contributed by atoms with E-state index in [-0.39, 0.29) is 18.1 Å². The molecule has 29 heavy (non-hydrogen) atoms. The first kappa shape index (κ1) is 19.8. The molecule has 0 radical (unpaired) electrons. The van der Waals surface area contributed by atoms with Gasteiger partial charge in [-0.2, -0.15) is 8.42 Å². The molecule has 1 amide bonds. The lowest BCUT2D eigenvalue weighted by molar-refractivity contribution is 0.0851. The summed E-state index contributed by atoms with van der Waals surface area (Å²) >= 11 is 12.3. The lowest BCUT2D eigenvalue weighted by Crippen LogP contribution is -2.50. The number of benzene rings is 3. The Morgan fingerprint density at radius 3 is 2.21 bits per heavy atom. The molecule has 0 fully saturated rings. The van der Waals surface area contributed by atoms with Crippen LogP contribution in [0, 0.1) is 0 Å². The van der Waals surface area contributed by atoms with Gasteiger partial charge < -0.3 is 0 Å². The first-order valence-electron chi connectivity index (χ1n) is 8.80. The standard InChI is InChI=1S/C21H16Cl2N2O3S/c22-18-11-6-9-16(20(18)23)14-25-21(26)17-10-4-5-12-19(17)24(29(25,27)28)13-15-7-2-1-3-8-15/h1-12H,13-14H2.